The van der Waals surface area contributed by atoms with Crippen molar-refractivity contribution in [1.82, 2.24) is 0 Å². The molecule has 2 aromatic rings. The van der Waals surface area contributed by atoms with Crippen molar-refractivity contribution in [3.05, 3.63) is 46.3 Å². The number of hydrogen-bond acceptors (Lipinski definition) is 2. The third kappa shape index (κ3) is 2.61. The van der Waals surface area contributed by atoms with Gasteiger partial charge in [0.05, 0.1) is 5.56 Å². The Morgan fingerprint density at radius 2 is 1.89 bits per heavy atom. The molecule has 0 atom stereocenters. The summed E-state index contributed by atoms with van der Waals surface area (Å²) in [7, 11) is 0. The molecule has 0 spiro atoms. The monoisotopic (exact) mass is 270 g/mol. The first-order valence-electron chi connectivity index (χ1n) is 5.14. The van der Waals surface area contributed by atoms with Gasteiger partial charge in [-0.25, -0.2) is 0 Å². The summed E-state index contributed by atoms with van der Waals surface area (Å²) in [5.41, 5.74) is -0.343. The number of aryl methyl sites for hydroxylation is 1. The summed E-state index contributed by atoms with van der Waals surface area (Å²) in [5, 5.41) is 0. The van der Waals surface area contributed by atoms with Crippen LogP contribution >= 0.6 is 11.3 Å². The zero-order valence-electron chi connectivity index (χ0n) is 9.41. The highest BCUT2D eigenvalue weighted by Gasteiger charge is 2.31. The molecule has 0 aliphatic rings. The van der Waals surface area contributed by atoms with Gasteiger partial charge in [0.15, 0.2) is 0 Å². The number of halogens is 3. The molecular formula is C13H9F3OS. The lowest BCUT2D eigenvalue weighted by atomic mass is 10.0. The number of rotatable bonds is 2. The topological polar surface area (TPSA) is 17.1 Å². The van der Waals surface area contributed by atoms with Gasteiger partial charge >= 0.3 is 6.18 Å². The van der Waals surface area contributed by atoms with Crippen LogP contribution in [0.3, 0.4) is 0 Å². The summed E-state index contributed by atoms with van der Waals surface area (Å²) in [6, 6.07) is 6.98. The Morgan fingerprint density at radius 3 is 2.39 bits per heavy atom. The van der Waals surface area contributed by atoms with Gasteiger partial charge in [0, 0.05) is 15.3 Å². The highest BCUT2D eigenvalue weighted by Crippen LogP contribution is 2.35. The first-order valence-corrected chi connectivity index (χ1v) is 5.96. The predicted octanol–water partition coefficient (Wildman–Crippen LogP) is 4.55. The fraction of sp³-hybridized carbons (Fsp3) is 0.154. The fourth-order valence-corrected chi connectivity index (χ4v) is 2.47. The van der Waals surface area contributed by atoms with E-state index < -0.39 is 11.7 Å². The normalized spacial score (nSPS) is 11.6. The molecule has 5 heteroatoms. The van der Waals surface area contributed by atoms with Gasteiger partial charge in [0.2, 0.25) is 0 Å². The maximum absolute atomic E-state index is 12.7. The Hall–Kier alpha value is -1.62. The van der Waals surface area contributed by atoms with Gasteiger partial charge in [-0.3, -0.25) is 4.79 Å². The lowest BCUT2D eigenvalue weighted by Crippen LogP contribution is -2.05. The molecule has 0 saturated heterocycles. The lowest BCUT2D eigenvalue weighted by molar-refractivity contribution is -0.137. The fourth-order valence-electron chi connectivity index (χ4n) is 1.62. The quantitative estimate of drug-likeness (QED) is 0.731. The third-order valence-corrected chi connectivity index (χ3v) is 3.49. The van der Waals surface area contributed by atoms with Crippen molar-refractivity contribution in [2.45, 2.75) is 13.1 Å². The van der Waals surface area contributed by atoms with Crippen molar-refractivity contribution in [2.24, 2.45) is 0 Å². The van der Waals surface area contributed by atoms with Gasteiger partial charge in [-0.15, -0.1) is 11.3 Å². The van der Waals surface area contributed by atoms with Crippen LogP contribution in [0.1, 0.15) is 20.8 Å². The molecule has 0 radical (unpaired) electrons. The predicted molar refractivity (Wildman–Crippen MR) is 64.9 cm³/mol. The summed E-state index contributed by atoms with van der Waals surface area (Å²) < 4.78 is 38.1. The molecule has 1 heterocycles. The SMILES string of the molecule is Cc1ccc(-c2cc(C=O)cc(C(F)(F)F)c2)s1. The van der Waals surface area contributed by atoms with Gasteiger partial charge in [-0.05, 0) is 42.8 Å². The molecule has 0 unspecified atom stereocenters. The van der Waals surface area contributed by atoms with Crippen molar-refractivity contribution >= 4 is 17.6 Å². The van der Waals surface area contributed by atoms with E-state index >= 15 is 0 Å². The van der Waals surface area contributed by atoms with E-state index in [-0.39, 0.29) is 5.56 Å². The maximum atomic E-state index is 12.7. The molecule has 2 rings (SSSR count). The highest BCUT2D eigenvalue weighted by atomic mass is 32.1. The van der Waals surface area contributed by atoms with Gasteiger partial charge in [-0.1, -0.05) is 0 Å². The molecule has 18 heavy (non-hydrogen) atoms. The number of carbonyl (C=O) groups excluding carboxylic acids is 1. The Labute approximate surface area is 106 Å². The van der Waals surface area contributed by atoms with E-state index in [0.717, 1.165) is 21.9 Å². The molecule has 94 valence electrons. The van der Waals surface area contributed by atoms with E-state index in [1.54, 1.807) is 6.07 Å². The second-order valence-electron chi connectivity index (χ2n) is 3.87. The maximum Gasteiger partial charge on any atom is 0.416 e. The van der Waals surface area contributed by atoms with Crippen LogP contribution in [-0.2, 0) is 6.18 Å². The van der Waals surface area contributed by atoms with E-state index in [2.05, 4.69) is 0 Å². The Morgan fingerprint density at radius 1 is 1.17 bits per heavy atom. The lowest BCUT2D eigenvalue weighted by Gasteiger charge is -2.09. The number of alkyl halides is 3. The van der Waals surface area contributed by atoms with Crippen LogP contribution in [0.15, 0.2) is 30.3 Å². The zero-order valence-corrected chi connectivity index (χ0v) is 10.2. The highest BCUT2D eigenvalue weighted by molar-refractivity contribution is 7.15. The standard InChI is InChI=1S/C13H9F3OS/c1-8-2-3-12(18-8)10-4-9(7-17)5-11(6-10)13(14,15)16/h2-7H,1H3. The summed E-state index contributed by atoms with van der Waals surface area (Å²) in [4.78, 5) is 12.4. The molecule has 0 bridgehead atoms. The van der Waals surface area contributed by atoms with E-state index in [9.17, 15) is 18.0 Å². The minimum Gasteiger partial charge on any atom is -0.298 e. The Bertz CT molecular complexity index is 584. The average Bonchev–Trinajstić information content (AvgIpc) is 2.74. The van der Waals surface area contributed by atoms with E-state index in [4.69, 9.17) is 0 Å². The van der Waals surface area contributed by atoms with Crippen LogP contribution in [0.25, 0.3) is 10.4 Å². The van der Waals surface area contributed by atoms with Crippen LogP contribution in [0.4, 0.5) is 13.2 Å². The van der Waals surface area contributed by atoms with E-state index in [1.165, 1.54) is 17.4 Å². The van der Waals surface area contributed by atoms with Crippen LogP contribution in [0.2, 0.25) is 0 Å². The molecule has 0 aliphatic heterocycles. The van der Waals surface area contributed by atoms with E-state index in [0.29, 0.717) is 11.8 Å². The van der Waals surface area contributed by atoms with Gasteiger partial charge in [-0.2, -0.15) is 13.2 Å². The van der Waals surface area contributed by atoms with Crippen molar-refractivity contribution < 1.29 is 18.0 Å². The van der Waals surface area contributed by atoms with Crippen LogP contribution in [0, 0.1) is 6.92 Å². The average molecular weight is 270 g/mol. The summed E-state index contributed by atoms with van der Waals surface area (Å²) in [6.07, 6.45) is -4.01. The van der Waals surface area contributed by atoms with Crippen molar-refractivity contribution in [2.75, 3.05) is 0 Å². The second-order valence-corrected chi connectivity index (χ2v) is 5.16. The smallest absolute Gasteiger partial charge is 0.298 e. The zero-order chi connectivity index (χ0) is 13.3. The Kier molecular flexibility index (Phi) is 3.26. The third-order valence-electron chi connectivity index (χ3n) is 2.44. The summed E-state index contributed by atoms with van der Waals surface area (Å²) >= 11 is 1.40. The molecular weight excluding hydrogens is 261 g/mol. The van der Waals surface area contributed by atoms with Crippen LogP contribution in [-0.4, -0.2) is 6.29 Å². The number of aldehydes is 1. The number of carbonyl (C=O) groups is 1. The van der Waals surface area contributed by atoms with Crippen LogP contribution < -0.4 is 0 Å². The molecule has 0 aliphatic carbocycles. The van der Waals surface area contributed by atoms with Crippen molar-refractivity contribution in [1.29, 1.82) is 0 Å². The summed E-state index contributed by atoms with van der Waals surface area (Å²) in [5.74, 6) is 0. The minimum absolute atomic E-state index is 0.0332. The van der Waals surface area contributed by atoms with Gasteiger partial charge in [0.25, 0.3) is 0 Å². The van der Waals surface area contributed by atoms with Gasteiger partial charge < -0.3 is 0 Å². The molecule has 0 saturated carbocycles. The molecule has 0 N–H and O–H groups in total. The molecule has 0 amide bonds. The molecule has 1 nitrogen and oxygen atoms in total. The first kappa shape index (κ1) is 12.8. The van der Waals surface area contributed by atoms with E-state index in [1.807, 2.05) is 13.0 Å². The number of thiophene rings is 1. The van der Waals surface area contributed by atoms with Crippen molar-refractivity contribution in [3.63, 3.8) is 0 Å². The largest absolute Gasteiger partial charge is 0.416 e. The first-order chi connectivity index (χ1) is 8.40. The van der Waals surface area contributed by atoms with Gasteiger partial charge in [0.1, 0.15) is 6.29 Å². The summed E-state index contributed by atoms with van der Waals surface area (Å²) in [6.45, 7) is 1.88. The molecule has 0 fully saturated rings. The second kappa shape index (κ2) is 4.57. The molecule has 1 aromatic carbocycles. The van der Waals surface area contributed by atoms with Crippen molar-refractivity contribution in [3.8, 4) is 10.4 Å². The van der Waals surface area contributed by atoms with Crippen LogP contribution in [0.5, 0.6) is 0 Å². The minimum atomic E-state index is -4.44. The molecule has 1 aromatic heterocycles. The number of hydrogen-bond donors (Lipinski definition) is 0. The Balaban J connectivity index is 2.57. The number of benzene rings is 1.